The monoisotopic (exact) mass is 489 g/mol. The molecule has 27 heavy (non-hydrogen) atoms. The van der Waals surface area contributed by atoms with Gasteiger partial charge in [0.05, 0.1) is 52.4 Å². The second-order valence-corrected chi connectivity index (χ2v) is 5.70. The average Bonchev–Trinajstić information content (AvgIpc) is 2.69. The molecule has 0 unspecified atom stereocenters. The number of nitrogens with zero attached hydrogens (tertiary/aromatic N) is 1. The van der Waals surface area contributed by atoms with E-state index >= 15 is 0 Å². The maximum Gasteiger partial charge on any atom is 0.204 e. The zero-order valence-corrected chi connectivity index (χ0v) is 17.3. The van der Waals surface area contributed by atoms with Gasteiger partial charge in [-0.2, -0.15) is 0 Å². The number of ether oxygens (including phenoxy) is 5. The number of terminal acetylenes is 1. The largest absolute Gasteiger partial charge is 0.490 e. The van der Waals surface area contributed by atoms with Gasteiger partial charge in [0.15, 0.2) is 0 Å². The smallest absolute Gasteiger partial charge is 0.204 e. The third kappa shape index (κ3) is 12.5. The molecule has 1 aromatic rings. The fraction of sp³-hybridized carbons (Fsp3) is 0.474. The molecule has 7 nitrogen and oxygen atoms in total. The quantitative estimate of drug-likeness (QED) is 0.116. The third-order valence-corrected chi connectivity index (χ3v) is 3.36. The van der Waals surface area contributed by atoms with E-state index in [1.54, 1.807) is 16.2 Å². The molecule has 0 aliphatic carbocycles. The van der Waals surface area contributed by atoms with E-state index in [1.165, 1.54) is 12.3 Å². The summed E-state index contributed by atoms with van der Waals surface area (Å²) < 4.78 is 28.3. The zero-order valence-electron chi connectivity index (χ0n) is 15.1. The number of hydrogen-bond donors (Lipinski definition) is 0. The summed E-state index contributed by atoms with van der Waals surface area (Å²) in [5.74, 6) is 2.84. The number of carbonyl (C=O) groups excluding carboxylic acids is 1. The lowest BCUT2D eigenvalue weighted by Crippen LogP contribution is -2.13. The van der Waals surface area contributed by atoms with E-state index < -0.39 is 0 Å². The lowest BCUT2D eigenvalue weighted by atomic mass is 10.2. The first-order chi connectivity index (χ1) is 13.3. The van der Waals surface area contributed by atoms with Gasteiger partial charge in [-0.05, 0) is 22.3 Å². The van der Waals surface area contributed by atoms with Crippen molar-refractivity contribution in [2.75, 3.05) is 59.5 Å². The highest BCUT2D eigenvalue weighted by Gasteiger charge is 2.03. The predicted octanol–water partition coefficient (Wildman–Crippen LogP) is 2.29. The third-order valence-electron chi connectivity index (χ3n) is 3.00. The summed E-state index contributed by atoms with van der Waals surface area (Å²) in [6.45, 7) is 4.07. The summed E-state index contributed by atoms with van der Waals surface area (Å²) in [5, 5.41) is 0. The number of allylic oxidation sites excluding steroid dienone is 1. The SMILES string of the molecule is C#CCOCCOCCOCCOCCOc1ccc(C(=O)/C=C/I)nc1. The van der Waals surface area contributed by atoms with Crippen molar-refractivity contribution in [1.82, 2.24) is 4.98 Å². The Balaban J connectivity index is 1.93. The van der Waals surface area contributed by atoms with Crippen LogP contribution in [0.4, 0.5) is 0 Å². The first kappa shape index (κ1) is 23.5. The van der Waals surface area contributed by atoms with Gasteiger partial charge in [0.25, 0.3) is 0 Å². The molecule has 148 valence electrons. The lowest BCUT2D eigenvalue weighted by molar-refractivity contribution is -0.00188. The summed E-state index contributed by atoms with van der Waals surface area (Å²) in [4.78, 5) is 15.7. The first-order valence-electron chi connectivity index (χ1n) is 8.42. The highest BCUT2D eigenvalue weighted by atomic mass is 127. The number of rotatable bonds is 16. The molecule has 0 aromatic carbocycles. The molecule has 0 aliphatic rings. The molecular weight excluding hydrogens is 465 g/mol. The van der Waals surface area contributed by atoms with Gasteiger partial charge in [0, 0.05) is 0 Å². The van der Waals surface area contributed by atoms with Crippen molar-refractivity contribution >= 4 is 28.4 Å². The van der Waals surface area contributed by atoms with Crippen LogP contribution in [0.2, 0.25) is 0 Å². The fourth-order valence-electron chi connectivity index (χ4n) is 1.76. The molecule has 0 N–H and O–H groups in total. The van der Waals surface area contributed by atoms with Crippen molar-refractivity contribution in [1.29, 1.82) is 0 Å². The Kier molecular flexibility index (Phi) is 14.5. The van der Waals surface area contributed by atoms with Crippen LogP contribution in [-0.2, 0) is 18.9 Å². The van der Waals surface area contributed by atoms with Crippen LogP contribution in [0.1, 0.15) is 10.5 Å². The Morgan fingerprint density at radius 1 is 1.00 bits per heavy atom. The van der Waals surface area contributed by atoms with E-state index in [0.717, 1.165) is 0 Å². The molecule has 0 atom stereocenters. The van der Waals surface area contributed by atoms with Gasteiger partial charge in [0.1, 0.15) is 24.7 Å². The van der Waals surface area contributed by atoms with E-state index in [4.69, 9.17) is 30.1 Å². The van der Waals surface area contributed by atoms with Gasteiger partial charge in [-0.3, -0.25) is 4.79 Å². The van der Waals surface area contributed by atoms with Crippen molar-refractivity contribution in [3.8, 4) is 18.1 Å². The summed E-state index contributed by atoms with van der Waals surface area (Å²) in [7, 11) is 0. The van der Waals surface area contributed by atoms with Crippen LogP contribution >= 0.6 is 22.6 Å². The summed E-state index contributed by atoms with van der Waals surface area (Å²) in [6.07, 6.45) is 8.03. The van der Waals surface area contributed by atoms with Gasteiger partial charge >= 0.3 is 0 Å². The van der Waals surface area contributed by atoms with E-state index in [0.29, 0.717) is 70.9 Å². The highest BCUT2D eigenvalue weighted by Crippen LogP contribution is 2.10. The van der Waals surface area contributed by atoms with Crippen LogP contribution < -0.4 is 4.74 Å². The molecule has 8 heteroatoms. The molecule has 0 amide bonds. The van der Waals surface area contributed by atoms with Gasteiger partial charge < -0.3 is 23.7 Å². The number of aromatic nitrogens is 1. The van der Waals surface area contributed by atoms with Crippen LogP contribution in [0.15, 0.2) is 28.5 Å². The van der Waals surface area contributed by atoms with E-state index in [2.05, 4.69) is 10.9 Å². The molecule has 1 heterocycles. The fourth-order valence-corrected chi connectivity index (χ4v) is 2.09. The number of carbonyl (C=O) groups is 1. The van der Waals surface area contributed by atoms with Gasteiger partial charge in [0.2, 0.25) is 5.78 Å². The topological polar surface area (TPSA) is 76.1 Å². The van der Waals surface area contributed by atoms with Crippen molar-refractivity contribution in [3.63, 3.8) is 0 Å². The number of halogens is 1. The summed E-state index contributed by atoms with van der Waals surface area (Å²) in [5.41, 5.74) is 0.382. The Labute approximate surface area is 173 Å². The van der Waals surface area contributed by atoms with Crippen molar-refractivity contribution < 1.29 is 28.5 Å². The number of ketones is 1. The summed E-state index contributed by atoms with van der Waals surface area (Å²) in [6, 6.07) is 3.34. The van der Waals surface area contributed by atoms with Crippen LogP contribution in [0.25, 0.3) is 0 Å². The Bertz CT molecular complexity index is 585. The van der Waals surface area contributed by atoms with Crippen LogP contribution in [0.3, 0.4) is 0 Å². The molecule has 0 fully saturated rings. The van der Waals surface area contributed by atoms with Crippen molar-refractivity contribution in [2.45, 2.75) is 0 Å². The normalized spacial score (nSPS) is 10.8. The molecule has 0 aliphatic heterocycles. The minimum Gasteiger partial charge on any atom is -0.490 e. The maximum atomic E-state index is 11.6. The van der Waals surface area contributed by atoms with Crippen LogP contribution in [0, 0.1) is 12.3 Å². The van der Waals surface area contributed by atoms with E-state index in [1.807, 2.05) is 22.6 Å². The molecule has 1 rings (SSSR count). The second kappa shape index (κ2) is 16.6. The predicted molar refractivity (Wildman–Crippen MR) is 109 cm³/mol. The highest BCUT2D eigenvalue weighted by molar-refractivity contribution is 14.1. The summed E-state index contributed by atoms with van der Waals surface area (Å²) >= 11 is 1.99. The minimum atomic E-state index is -0.137. The lowest BCUT2D eigenvalue weighted by Gasteiger charge is -2.08. The van der Waals surface area contributed by atoms with Crippen LogP contribution in [-0.4, -0.2) is 70.2 Å². The molecule has 0 radical (unpaired) electrons. The first-order valence-corrected chi connectivity index (χ1v) is 9.67. The second-order valence-electron chi connectivity index (χ2n) is 4.98. The van der Waals surface area contributed by atoms with Crippen molar-refractivity contribution in [3.05, 3.63) is 34.2 Å². The number of pyridine rings is 1. The Morgan fingerprint density at radius 2 is 1.59 bits per heavy atom. The maximum absolute atomic E-state index is 11.6. The van der Waals surface area contributed by atoms with Crippen molar-refractivity contribution in [2.24, 2.45) is 0 Å². The molecular formula is C19H24INO6. The Hall–Kier alpha value is -1.51. The Morgan fingerprint density at radius 3 is 2.11 bits per heavy atom. The minimum absolute atomic E-state index is 0.137. The molecule has 0 bridgehead atoms. The van der Waals surface area contributed by atoms with E-state index in [-0.39, 0.29) is 5.78 Å². The standard InChI is InChI=1S/C19H24INO6/c1-2-7-23-8-9-24-10-11-25-12-13-26-14-15-27-17-3-4-18(21-16-17)19(22)5-6-20/h1,3-6,16H,7-15H2/b6-5+. The molecule has 0 saturated heterocycles. The van der Waals surface area contributed by atoms with Crippen LogP contribution in [0.5, 0.6) is 5.75 Å². The molecule has 0 spiro atoms. The molecule has 1 aromatic heterocycles. The average molecular weight is 489 g/mol. The van der Waals surface area contributed by atoms with Gasteiger partial charge in [-0.25, -0.2) is 4.98 Å². The molecule has 0 saturated carbocycles. The van der Waals surface area contributed by atoms with E-state index in [9.17, 15) is 4.79 Å². The zero-order chi connectivity index (χ0) is 19.6. The number of hydrogen-bond acceptors (Lipinski definition) is 7. The van der Waals surface area contributed by atoms with Gasteiger partial charge in [-0.1, -0.05) is 28.5 Å². The van der Waals surface area contributed by atoms with Gasteiger partial charge in [-0.15, -0.1) is 6.42 Å².